The molecule has 0 aliphatic carbocycles. The van der Waals surface area contributed by atoms with E-state index in [1.54, 1.807) is 0 Å². The molecule has 0 saturated carbocycles. The fourth-order valence-corrected chi connectivity index (χ4v) is 2.48. The highest BCUT2D eigenvalue weighted by molar-refractivity contribution is 5.44. The van der Waals surface area contributed by atoms with Gasteiger partial charge in [-0.05, 0) is 12.1 Å². The summed E-state index contributed by atoms with van der Waals surface area (Å²) in [5.41, 5.74) is 0. The summed E-state index contributed by atoms with van der Waals surface area (Å²) in [5.74, 6) is 0.218. The van der Waals surface area contributed by atoms with Gasteiger partial charge in [0.05, 0.1) is 6.54 Å². The number of hydrogen-bond acceptors (Lipinski definition) is 8. The molecule has 11 heteroatoms. The largest absolute Gasteiger partial charge is 0.470 e. The van der Waals surface area contributed by atoms with Crippen LogP contribution in [0.2, 0.25) is 0 Å². The summed E-state index contributed by atoms with van der Waals surface area (Å²) in [4.78, 5) is 5.91. The van der Waals surface area contributed by atoms with Gasteiger partial charge in [0.15, 0.2) is 11.6 Å². The number of rotatable bonds is 4. The quantitative estimate of drug-likeness (QED) is 0.810. The van der Waals surface area contributed by atoms with Gasteiger partial charge in [-0.25, -0.2) is 0 Å². The fraction of sp³-hybridized carbons (Fsp3) is 0.571. The Morgan fingerprint density at radius 3 is 2.28 bits per heavy atom. The maximum Gasteiger partial charge on any atom is 0.470 e. The fourth-order valence-electron chi connectivity index (χ4n) is 2.48. The molecule has 25 heavy (non-hydrogen) atoms. The van der Waals surface area contributed by atoms with E-state index in [1.165, 1.54) is 0 Å². The molecule has 2 aromatic heterocycles. The summed E-state index contributed by atoms with van der Waals surface area (Å²) in [6, 6.07) is 3.80. The van der Waals surface area contributed by atoms with Crippen LogP contribution in [-0.2, 0) is 12.7 Å². The van der Waals surface area contributed by atoms with Gasteiger partial charge in [0.2, 0.25) is 5.89 Å². The second kappa shape index (κ2) is 6.82. The van der Waals surface area contributed by atoms with Gasteiger partial charge in [-0.2, -0.15) is 13.2 Å². The van der Waals surface area contributed by atoms with Crippen LogP contribution in [0, 0.1) is 0 Å². The molecule has 2 aromatic rings. The SMILES string of the molecule is CN(C)c1ccc(N2CCN(Cc3nnc(C(F)(F)F)o3)CC2)nn1. The number of alkyl halides is 3. The Labute approximate surface area is 142 Å². The zero-order chi connectivity index (χ0) is 18.0. The van der Waals surface area contributed by atoms with E-state index in [-0.39, 0.29) is 12.4 Å². The molecule has 0 unspecified atom stereocenters. The van der Waals surface area contributed by atoms with Crippen LogP contribution in [0.3, 0.4) is 0 Å². The standard InChI is InChI=1S/C14H18F3N7O/c1-22(2)10-3-4-11(19-18-10)24-7-5-23(6-8-24)9-12-20-21-13(25-12)14(15,16)17/h3-4H,5-9H2,1-2H3. The van der Waals surface area contributed by atoms with Crippen molar-refractivity contribution >= 4 is 11.6 Å². The average Bonchev–Trinajstić information content (AvgIpc) is 3.04. The number of anilines is 2. The highest BCUT2D eigenvalue weighted by Gasteiger charge is 2.38. The summed E-state index contributed by atoms with van der Waals surface area (Å²) in [7, 11) is 3.79. The molecule has 3 heterocycles. The first kappa shape index (κ1) is 17.4. The number of hydrogen-bond donors (Lipinski definition) is 0. The first-order valence-corrected chi connectivity index (χ1v) is 7.71. The average molecular weight is 357 g/mol. The van der Waals surface area contributed by atoms with Gasteiger partial charge < -0.3 is 14.2 Å². The normalized spacial score (nSPS) is 16.3. The molecule has 1 aliphatic rings. The van der Waals surface area contributed by atoms with Crippen molar-refractivity contribution in [2.75, 3.05) is 50.1 Å². The molecule has 1 fully saturated rings. The van der Waals surface area contributed by atoms with Gasteiger partial charge in [-0.15, -0.1) is 20.4 Å². The molecule has 0 spiro atoms. The van der Waals surface area contributed by atoms with Gasteiger partial charge in [-0.3, -0.25) is 4.90 Å². The predicted octanol–water partition coefficient (Wildman–Crippen LogP) is 1.27. The first-order valence-electron chi connectivity index (χ1n) is 7.71. The molecule has 0 N–H and O–H groups in total. The number of aromatic nitrogens is 4. The van der Waals surface area contributed by atoms with E-state index in [0.29, 0.717) is 26.2 Å². The van der Waals surface area contributed by atoms with Crippen molar-refractivity contribution < 1.29 is 17.6 Å². The Morgan fingerprint density at radius 1 is 1.04 bits per heavy atom. The van der Waals surface area contributed by atoms with E-state index in [0.717, 1.165) is 11.6 Å². The molecule has 1 saturated heterocycles. The highest BCUT2D eigenvalue weighted by atomic mass is 19.4. The second-order valence-electron chi connectivity index (χ2n) is 5.91. The summed E-state index contributed by atoms with van der Waals surface area (Å²) in [6.45, 7) is 2.89. The van der Waals surface area contributed by atoms with Crippen LogP contribution in [0.1, 0.15) is 11.8 Å². The summed E-state index contributed by atoms with van der Waals surface area (Å²) < 4.78 is 42.1. The predicted molar refractivity (Wildman–Crippen MR) is 83.1 cm³/mol. The Kier molecular flexibility index (Phi) is 4.75. The lowest BCUT2D eigenvalue weighted by Gasteiger charge is -2.34. The lowest BCUT2D eigenvalue weighted by atomic mass is 10.3. The van der Waals surface area contributed by atoms with E-state index in [9.17, 15) is 13.2 Å². The van der Waals surface area contributed by atoms with Gasteiger partial charge in [0.1, 0.15) is 0 Å². The third-order valence-corrected chi connectivity index (χ3v) is 3.86. The molecule has 3 rings (SSSR count). The van der Waals surface area contributed by atoms with Gasteiger partial charge in [0, 0.05) is 40.3 Å². The minimum atomic E-state index is -4.61. The van der Waals surface area contributed by atoms with E-state index in [1.807, 2.05) is 36.0 Å². The zero-order valence-corrected chi connectivity index (χ0v) is 13.9. The molecular weight excluding hydrogens is 339 g/mol. The van der Waals surface area contributed by atoms with E-state index in [2.05, 4.69) is 29.7 Å². The highest BCUT2D eigenvalue weighted by Crippen LogP contribution is 2.28. The van der Waals surface area contributed by atoms with Crippen molar-refractivity contribution in [2.45, 2.75) is 12.7 Å². The molecule has 136 valence electrons. The Morgan fingerprint density at radius 2 is 1.76 bits per heavy atom. The van der Waals surface area contributed by atoms with E-state index < -0.39 is 12.1 Å². The lowest BCUT2D eigenvalue weighted by Crippen LogP contribution is -2.46. The first-order chi connectivity index (χ1) is 11.8. The van der Waals surface area contributed by atoms with Crippen LogP contribution < -0.4 is 9.80 Å². The number of halogens is 3. The van der Waals surface area contributed by atoms with Crippen molar-refractivity contribution in [2.24, 2.45) is 0 Å². The summed E-state index contributed by atoms with van der Waals surface area (Å²) in [6.07, 6.45) is -4.61. The van der Waals surface area contributed by atoms with Crippen LogP contribution in [0.4, 0.5) is 24.8 Å². The molecule has 0 atom stereocenters. The van der Waals surface area contributed by atoms with Gasteiger partial charge in [-0.1, -0.05) is 0 Å². The van der Waals surface area contributed by atoms with Gasteiger partial charge in [0.25, 0.3) is 0 Å². The van der Waals surface area contributed by atoms with Crippen molar-refractivity contribution in [1.82, 2.24) is 25.3 Å². The number of piperazine rings is 1. The van der Waals surface area contributed by atoms with E-state index >= 15 is 0 Å². The Bertz CT molecular complexity index is 693. The topological polar surface area (TPSA) is 74.4 Å². The minimum Gasteiger partial charge on any atom is -0.416 e. The number of nitrogens with zero attached hydrogens (tertiary/aromatic N) is 7. The molecule has 8 nitrogen and oxygen atoms in total. The second-order valence-corrected chi connectivity index (χ2v) is 5.91. The third kappa shape index (κ3) is 4.16. The third-order valence-electron chi connectivity index (χ3n) is 3.86. The molecule has 0 amide bonds. The summed E-state index contributed by atoms with van der Waals surface area (Å²) in [5, 5.41) is 14.9. The monoisotopic (exact) mass is 357 g/mol. The maximum absolute atomic E-state index is 12.5. The smallest absolute Gasteiger partial charge is 0.416 e. The summed E-state index contributed by atoms with van der Waals surface area (Å²) >= 11 is 0. The van der Waals surface area contributed by atoms with Crippen molar-refractivity contribution in [3.63, 3.8) is 0 Å². The Hall–Kier alpha value is -2.43. The molecule has 0 radical (unpaired) electrons. The van der Waals surface area contributed by atoms with Crippen LogP contribution in [0.5, 0.6) is 0 Å². The molecular formula is C14H18F3N7O. The van der Waals surface area contributed by atoms with Crippen molar-refractivity contribution in [3.05, 3.63) is 23.9 Å². The van der Waals surface area contributed by atoms with Crippen LogP contribution in [0.15, 0.2) is 16.5 Å². The van der Waals surface area contributed by atoms with Crippen LogP contribution in [-0.4, -0.2) is 65.6 Å². The van der Waals surface area contributed by atoms with Crippen molar-refractivity contribution in [3.8, 4) is 0 Å². The maximum atomic E-state index is 12.5. The van der Waals surface area contributed by atoms with Crippen LogP contribution in [0.25, 0.3) is 0 Å². The van der Waals surface area contributed by atoms with Crippen molar-refractivity contribution in [1.29, 1.82) is 0 Å². The minimum absolute atomic E-state index is 0.0316. The Balaban J connectivity index is 1.54. The van der Waals surface area contributed by atoms with E-state index in [4.69, 9.17) is 0 Å². The van der Waals surface area contributed by atoms with Crippen LogP contribution >= 0.6 is 0 Å². The zero-order valence-electron chi connectivity index (χ0n) is 13.9. The molecule has 1 aliphatic heterocycles. The molecule has 0 aromatic carbocycles. The lowest BCUT2D eigenvalue weighted by molar-refractivity contribution is -0.157. The van der Waals surface area contributed by atoms with Gasteiger partial charge >= 0.3 is 12.1 Å². The molecule has 0 bridgehead atoms.